The molecule has 0 bridgehead atoms. The van der Waals surface area contributed by atoms with E-state index in [1.807, 2.05) is 19.1 Å². The SMILES string of the molecule is Cc1ccc(CN2COC(C)NC2=N[N+](=O)[O-])cn1. The van der Waals surface area contributed by atoms with Gasteiger partial charge < -0.3 is 15.0 Å². The van der Waals surface area contributed by atoms with E-state index in [-0.39, 0.29) is 18.9 Å². The molecule has 0 radical (unpaired) electrons. The average Bonchev–Trinajstić information content (AvgIpc) is 2.34. The average molecular weight is 265 g/mol. The minimum Gasteiger partial charge on any atom is -0.338 e. The highest BCUT2D eigenvalue weighted by molar-refractivity contribution is 5.79. The largest absolute Gasteiger partial charge is 0.338 e. The quantitative estimate of drug-likeness (QED) is 0.637. The second kappa shape index (κ2) is 5.61. The Morgan fingerprint density at radius 3 is 3.11 bits per heavy atom. The summed E-state index contributed by atoms with van der Waals surface area (Å²) in [6, 6.07) is 3.81. The van der Waals surface area contributed by atoms with Gasteiger partial charge in [0, 0.05) is 18.4 Å². The van der Waals surface area contributed by atoms with Crippen LogP contribution in [0.25, 0.3) is 0 Å². The van der Waals surface area contributed by atoms with Crippen LogP contribution in [-0.4, -0.2) is 33.8 Å². The Kier molecular flexibility index (Phi) is 3.91. The second-order valence-corrected chi connectivity index (χ2v) is 4.25. The topological polar surface area (TPSA) is 92.9 Å². The Balaban J connectivity index is 2.12. The number of guanidine groups is 1. The van der Waals surface area contributed by atoms with Gasteiger partial charge >= 0.3 is 0 Å². The number of ether oxygens (including phenoxy) is 1. The van der Waals surface area contributed by atoms with Crippen LogP contribution >= 0.6 is 0 Å². The Morgan fingerprint density at radius 2 is 2.47 bits per heavy atom. The summed E-state index contributed by atoms with van der Waals surface area (Å²) < 4.78 is 5.39. The predicted molar refractivity (Wildman–Crippen MR) is 67.5 cm³/mol. The Labute approximate surface area is 110 Å². The van der Waals surface area contributed by atoms with Crippen molar-refractivity contribution in [1.29, 1.82) is 0 Å². The maximum Gasteiger partial charge on any atom is 0.275 e. The molecule has 1 aromatic rings. The number of hydrogen-bond acceptors (Lipinski definition) is 4. The van der Waals surface area contributed by atoms with Crippen molar-refractivity contribution in [3.05, 3.63) is 39.7 Å². The zero-order chi connectivity index (χ0) is 13.8. The van der Waals surface area contributed by atoms with Crippen LogP contribution in [0.4, 0.5) is 0 Å². The first-order chi connectivity index (χ1) is 9.04. The monoisotopic (exact) mass is 265 g/mol. The van der Waals surface area contributed by atoms with Crippen LogP contribution in [0.3, 0.4) is 0 Å². The fraction of sp³-hybridized carbons (Fsp3) is 0.455. The van der Waals surface area contributed by atoms with Crippen molar-refractivity contribution in [3.63, 3.8) is 0 Å². The van der Waals surface area contributed by atoms with Crippen molar-refractivity contribution >= 4 is 5.96 Å². The molecule has 1 aliphatic rings. The molecule has 0 aromatic carbocycles. The van der Waals surface area contributed by atoms with Gasteiger partial charge in [-0.1, -0.05) is 6.07 Å². The van der Waals surface area contributed by atoms with E-state index in [0.717, 1.165) is 11.3 Å². The molecule has 2 heterocycles. The van der Waals surface area contributed by atoms with Crippen LogP contribution in [-0.2, 0) is 11.3 Å². The summed E-state index contributed by atoms with van der Waals surface area (Å²) in [5, 5.41) is 15.9. The molecule has 2 rings (SSSR count). The van der Waals surface area contributed by atoms with Gasteiger partial charge in [-0.3, -0.25) is 4.98 Å². The fourth-order valence-electron chi connectivity index (χ4n) is 1.68. The standard InChI is InChI=1S/C11H15N5O3/c1-8-3-4-10(5-12-8)6-15-7-19-9(2)13-11(15)14-16(17)18/h3-5,9H,6-7H2,1-2H3,(H,13,14). The molecule has 1 saturated heterocycles. The van der Waals surface area contributed by atoms with E-state index in [4.69, 9.17) is 4.74 Å². The van der Waals surface area contributed by atoms with Gasteiger partial charge in [-0.15, -0.1) is 0 Å². The van der Waals surface area contributed by atoms with Crippen LogP contribution < -0.4 is 5.32 Å². The normalized spacial score (nSPS) is 21.3. The molecule has 1 fully saturated rings. The van der Waals surface area contributed by atoms with Gasteiger partial charge in [0.1, 0.15) is 18.1 Å². The van der Waals surface area contributed by atoms with E-state index in [1.54, 1.807) is 18.0 Å². The maximum absolute atomic E-state index is 10.5. The number of nitrogens with zero attached hydrogens (tertiary/aromatic N) is 4. The maximum atomic E-state index is 10.5. The molecule has 1 unspecified atom stereocenters. The van der Waals surface area contributed by atoms with Crippen LogP contribution in [0.5, 0.6) is 0 Å². The first-order valence-electron chi connectivity index (χ1n) is 5.82. The lowest BCUT2D eigenvalue weighted by Gasteiger charge is -2.32. The third-order valence-corrected chi connectivity index (χ3v) is 2.63. The number of pyridine rings is 1. The van der Waals surface area contributed by atoms with Gasteiger partial charge in [0.25, 0.3) is 5.96 Å². The number of nitrogens with one attached hydrogen (secondary N) is 1. The van der Waals surface area contributed by atoms with Crippen molar-refractivity contribution in [2.45, 2.75) is 26.6 Å². The van der Waals surface area contributed by atoms with E-state index in [9.17, 15) is 10.1 Å². The summed E-state index contributed by atoms with van der Waals surface area (Å²) in [7, 11) is 0. The Bertz CT molecular complexity index is 488. The molecule has 19 heavy (non-hydrogen) atoms. The fourth-order valence-corrected chi connectivity index (χ4v) is 1.68. The van der Waals surface area contributed by atoms with Crippen LogP contribution in [0.15, 0.2) is 23.4 Å². The number of rotatable bonds is 3. The number of aromatic nitrogens is 1. The third kappa shape index (κ3) is 3.62. The molecular weight excluding hydrogens is 250 g/mol. The molecule has 0 spiro atoms. The number of hydrazone groups is 1. The van der Waals surface area contributed by atoms with E-state index in [2.05, 4.69) is 15.4 Å². The molecule has 1 aliphatic heterocycles. The highest BCUT2D eigenvalue weighted by Gasteiger charge is 2.24. The first kappa shape index (κ1) is 13.2. The number of aryl methyl sites for hydroxylation is 1. The van der Waals surface area contributed by atoms with Crippen molar-refractivity contribution in [2.75, 3.05) is 6.73 Å². The number of nitro groups is 1. The third-order valence-electron chi connectivity index (χ3n) is 2.63. The van der Waals surface area contributed by atoms with Crippen LogP contribution in [0, 0.1) is 17.0 Å². The van der Waals surface area contributed by atoms with Gasteiger partial charge in [0.2, 0.25) is 0 Å². The van der Waals surface area contributed by atoms with E-state index in [0.29, 0.717) is 6.54 Å². The highest BCUT2D eigenvalue weighted by atomic mass is 16.7. The lowest BCUT2D eigenvalue weighted by Crippen LogP contribution is -2.53. The molecule has 1 aromatic heterocycles. The molecule has 8 heteroatoms. The van der Waals surface area contributed by atoms with Crippen molar-refractivity contribution in [1.82, 2.24) is 15.2 Å². The van der Waals surface area contributed by atoms with E-state index >= 15 is 0 Å². The minimum absolute atomic E-state index is 0.198. The molecule has 0 saturated carbocycles. The van der Waals surface area contributed by atoms with E-state index < -0.39 is 5.03 Å². The summed E-state index contributed by atoms with van der Waals surface area (Å²) in [5.74, 6) is 0.198. The van der Waals surface area contributed by atoms with Gasteiger partial charge in [0.15, 0.2) is 5.03 Å². The predicted octanol–water partition coefficient (Wildman–Crippen LogP) is 0.663. The van der Waals surface area contributed by atoms with Gasteiger partial charge in [-0.25, -0.2) is 10.1 Å². The summed E-state index contributed by atoms with van der Waals surface area (Å²) in [4.78, 5) is 16.3. The highest BCUT2D eigenvalue weighted by Crippen LogP contribution is 2.09. The summed E-state index contributed by atoms with van der Waals surface area (Å²) >= 11 is 0. The lowest BCUT2D eigenvalue weighted by molar-refractivity contribution is -0.486. The summed E-state index contributed by atoms with van der Waals surface area (Å²) in [5.41, 5.74) is 1.85. The second-order valence-electron chi connectivity index (χ2n) is 4.25. The number of hydrogen-bond donors (Lipinski definition) is 1. The lowest BCUT2D eigenvalue weighted by atomic mass is 10.2. The molecule has 8 nitrogen and oxygen atoms in total. The molecular formula is C11H15N5O3. The molecule has 0 aliphatic carbocycles. The van der Waals surface area contributed by atoms with Crippen LogP contribution in [0.1, 0.15) is 18.2 Å². The van der Waals surface area contributed by atoms with Gasteiger partial charge in [-0.2, -0.15) is 0 Å². The van der Waals surface area contributed by atoms with Crippen molar-refractivity contribution in [3.8, 4) is 0 Å². The minimum atomic E-state index is -0.721. The van der Waals surface area contributed by atoms with E-state index in [1.165, 1.54) is 0 Å². The van der Waals surface area contributed by atoms with Crippen LogP contribution in [0.2, 0.25) is 0 Å². The summed E-state index contributed by atoms with van der Waals surface area (Å²) in [6.07, 6.45) is 1.43. The smallest absolute Gasteiger partial charge is 0.275 e. The summed E-state index contributed by atoms with van der Waals surface area (Å²) in [6.45, 7) is 4.35. The molecule has 0 amide bonds. The Morgan fingerprint density at radius 1 is 1.68 bits per heavy atom. The molecule has 1 N–H and O–H groups in total. The molecule has 1 atom stereocenters. The van der Waals surface area contributed by atoms with Crippen molar-refractivity contribution < 1.29 is 9.77 Å². The first-order valence-corrected chi connectivity index (χ1v) is 5.82. The van der Waals surface area contributed by atoms with Gasteiger partial charge in [0.05, 0.1) is 0 Å². The molecule has 102 valence electrons. The van der Waals surface area contributed by atoms with Gasteiger partial charge in [-0.05, 0) is 25.5 Å². The zero-order valence-electron chi connectivity index (χ0n) is 10.7. The van der Waals surface area contributed by atoms with Crippen molar-refractivity contribution in [2.24, 2.45) is 5.10 Å². The Hall–Kier alpha value is -2.22. The zero-order valence-corrected chi connectivity index (χ0v) is 10.7.